The van der Waals surface area contributed by atoms with Crippen molar-refractivity contribution >= 4 is 33.4 Å². The Morgan fingerprint density at radius 2 is 1.67 bits per heavy atom. The minimum absolute atomic E-state index is 0.109. The zero-order valence-electron chi connectivity index (χ0n) is 20.9. The van der Waals surface area contributed by atoms with Gasteiger partial charge in [-0.1, -0.05) is 18.2 Å². The SMILES string of the molecule is CCOc1ccc(N(CC(=O)NC(C)COc2ccccc2C)S(=O)(=O)c2ccc(SC)cc2)cc1. The number of nitrogens with zero attached hydrogens (tertiary/aromatic N) is 1. The third-order valence-electron chi connectivity index (χ3n) is 5.36. The molecule has 0 radical (unpaired) electrons. The van der Waals surface area contributed by atoms with Gasteiger partial charge in [-0.3, -0.25) is 9.10 Å². The van der Waals surface area contributed by atoms with Crippen LogP contribution in [-0.4, -0.2) is 46.4 Å². The summed E-state index contributed by atoms with van der Waals surface area (Å²) < 4.78 is 39.6. The van der Waals surface area contributed by atoms with Gasteiger partial charge < -0.3 is 14.8 Å². The molecule has 0 aromatic heterocycles. The second-order valence-corrected chi connectivity index (χ2v) is 10.9. The minimum Gasteiger partial charge on any atom is -0.494 e. The van der Waals surface area contributed by atoms with Gasteiger partial charge in [-0.2, -0.15) is 0 Å². The number of carbonyl (C=O) groups is 1. The molecule has 192 valence electrons. The van der Waals surface area contributed by atoms with Crippen LogP contribution in [0.1, 0.15) is 19.4 Å². The number of hydrogen-bond donors (Lipinski definition) is 1. The van der Waals surface area contributed by atoms with E-state index in [1.165, 1.54) is 11.8 Å². The standard InChI is InChI=1S/C27H32N2O5S2/c1-5-33-23-12-10-22(11-13-23)29(36(31,32)25-16-14-24(35-4)15-17-25)18-27(30)28-21(3)19-34-26-9-7-6-8-20(26)2/h6-17,21H,5,18-19H2,1-4H3,(H,28,30). The Morgan fingerprint density at radius 3 is 2.28 bits per heavy atom. The van der Waals surface area contributed by atoms with E-state index in [2.05, 4.69) is 5.32 Å². The van der Waals surface area contributed by atoms with Gasteiger partial charge in [-0.25, -0.2) is 8.42 Å². The number of ether oxygens (including phenoxy) is 2. The Labute approximate surface area is 217 Å². The molecule has 0 fully saturated rings. The van der Waals surface area contributed by atoms with Crippen molar-refractivity contribution in [2.45, 2.75) is 36.6 Å². The molecule has 3 aromatic rings. The first kappa shape index (κ1) is 27.4. The van der Waals surface area contributed by atoms with E-state index in [0.717, 1.165) is 20.5 Å². The van der Waals surface area contributed by atoms with E-state index in [4.69, 9.17) is 9.47 Å². The van der Waals surface area contributed by atoms with Gasteiger partial charge in [-0.05, 0) is 87.2 Å². The van der Waals surface area contributed by atoms with Crippen LogP contribution >= 0.6 is 11.8 Å². The maximum absolute atomic E-state index is 13.6. The van der Waals surface area contributed by atoms with Gasteiger partial charge in [0, 0.05) is 4.90 Å². The largest absolute Gasteiger partial charge is 0.494 e. The number of rotatable bonds is 12. The fourth-order valence-corrected chi connectivity index (χ4v) is 5.32. The van der Waals surface area contributed by atoms with Crippen molar-refractivity contribution < 1.29 is 22.7 Å². The van der Waals surface area contributed by atoms with E-state index in [0.29, 0.717) is 18.0 Å². The molecule has 3 aromatic carbocycles. The van der Waals surface area contributed by atoms with Gasteiger partial charge in [0.15, 0.2) is 0 Å². The van der Waals surface area contributed by atoms with E-state index in [1.54, 1.807) is 48.5 Å². The lowest BCUT2D eigenvalue weighted by Gasteiger charge is -2.25. The average Bonchev–Trinajstić information content (AvgIpc) is 2.87. The number of sulfonamides is 1. The van der Waals surface area contributed by atoms with Crippen molar-refractivity contribution in [1.82, 2.24) is 5.32 Å². The Morgan fingerprint density at radius 1 is 1.00 bits per heavy atom. The summed E-state index contributed by atoms with van der Waals surface area (Å²) in [5, 5.41) is 2.85. The highest BCUT2D eigenvalue weighted by molar-refractivity contribution is 7.98. The molecule has 0 heterocycles. The van der Waals surface area contributed by atoms with E-state index < -0.39 is 15.9 Å². The molecule has 0 aliphatic rings. The lowest BCUT2D eigenvalue weighted by molar-refractivity contribution is -0.120. The lowest BCUT2D eigenvalue weighted by atomic mass is 10.2. The van der Waals surface area contributed by atoms with Crippen LogP contribution in [0.5, 0.6) is 11.5 Å². The average molecular weight is 529 g/mol. The molecule has 0 aliphatic carbocycles. The maximum atomic E-state index is 13.6. The first-order valence-electron chi connectivity index (χ1n) is 11.6. The zero-order chi connectivity index (χ0) is 26.1. The Bertz CT molecular complexity index is 1250. The molecule has 0 saturated carbocycles. The fourth-order valence-electron chi connectivity index (χ4n) is 3.49. The maximum Gasteiger partial charge on any atom is 0.264 e. The van der Waals surface area contributed by atoms with Crippen LogP contribution in [0.15, 0.2) is 82.6 Å². The van der Waals surface area contributed by atoms with Gasteiger partial charge in [0.05, 0.1) is 23.2 Å². The number of anilines is 1. The molecular formula is C27H32N2O5S2. The smallest absolute Gasteiger partial charge is 0.264 e. The van der Waals surface area contributed by atoms with Crippen molar-refractivity contribution in [2.24, 2.45) is 0 Å². The number of carbonyl (C=O) groups excluding carboxylic acids is 1. The minimum atomic E-state index is -4.00. The molecule has 9 heteroatoms. The van der Waals surface area contributed by atoms with Gasteiger partial charge >= 0.3 is 0 Å². The predicted octanol–water partition coefficient (Wildman–Crippen LogP) is 4.89. The number of thioether (sulfide) groups is 1. The monoisotopic (exact) mass is 528 g/mol. The van der Waals surface area contributed by atoms with Crippen LogP contribution < -0.4 is 19.1 Å². The summed E-state index contributed by atoms with van der Waals surface area (Å²) in [6.45, 7) is 6.00. The number of hydrogen-bond acceptors (Lipinski definition) is 6. The summed E-state index contributed by atoms with van der Waals surface area (Å²) in [7, 11) is -4.00. The molecule has 0 aliphatic heterocycles. The molecule has 7 nitrogen and oxygen atoms in total. The van der Waals surface area contributed by atoms with Gasteiger partial charge in [-0.15, -0.1) is 11.8 Å². The van der Waals surface area contributed by atoms with E-state index in [1.807, 2.05) is 51.3 Å². The third-order valence-corrected chi connectivity index (χ3v) is 7.89. The first-order valence-corrected chi connectivity index (χ1v) is 14.3. The number of benzene rings is 3. The van der Waals surface area contributed by atoms with Crippen LogP contribution in [0, 0.1) is 6.92 Å². The van der Waals surface area contributed by atoms with Gasteiger partial charge in [0.2, 0.25) is 5.91 Å². The Hall–Kier alpha value is -3.17. The van der Waals surface area contributed by atoms with Crippen molar-refractivity contribution in [3.8, 4) is 11.5 Å². The molecule has 1 N–H and O–H groups in total. The van der Waals surface area contributed by atoms with Crippen molar-refractivity contribution in [1.29, 1.82) is 0 Å². The summed E-state index contributed by atoms with van der Waals surface area (Å²) in [4.78, 5) is 14.0. The lowest BCUT2D eigenvalue weighted by Crippen LogP contribution is -2.45. The highest BCUT2D eigenvalue weighted by atomic mass is 32.2. The molecule has 0 bridgehead atoms. The molecule has 1 atom stereocenters. The molecule has 36 heavy (non-hydrogen) atoms. The number of amides is 1. The highest BCUT2D eigenvalue weighted by Gasteiger charge is 2.28. The second-order valence-electron chi connectivity index (χ2n) is 8.16. The van der Waals surface area contributed by atoms with Gasteiger partial charge in [0.25, 0.3) is 10.0 Å². The normalized spacial score (nSPS) is 12.0. The summed E-state index contributed by atoms with van der Waals surface area (Å²) in [6.07, 6.45) is 1.92. The van der Waals surface area contributed by atoms with Crippen LogP contribution in [0.4, 0.5) is 5.69 Å². The molecule has 1 amide bonds. The van der Waals surface area contributed by atoms with Crippen LogP contribution in [-0.2, 0) is 14.8 Å². The quantitative estimate of drug-likeness (QED) is 0.337. The van der Waals surface area contributed by atoms with E-state index in [9.17, 15) is 13.2 Å². The van der Waals surface area contributed by atoms with Crippen molar-refractivity contribution in [2.75, 3.05) is 30.3 Å². The first-order chi connectivity index (χ1) is 17.2. The third kappa shape index (κ3) is 7.18. The second kappa shape index (κ2) is 12.7. The summed E-state index contributed by atoms with van der Waals surface area (Å²) in [5.41, 5.74) is 1.36. The highest BCUT2D eigenvalue weighted by Crippen LogP contribution is 2.27. The fraction of sp³-hybridized carbons (Fsp3) is 0.296. The number of para-hydroxylation sites is 1. The summed E-state index contributed by atoms with van der Waals surface area (Å²) in [5.74, 6) is 0.925. The zero-order valence-corrected chi connectivity index (χ0v) is 22.6. The van der Waals surface area contributed by atoms with E-state index in [-0.39, 0.29) is 24.1 Å². The Balaban J connectivity index is 1.78. The van der Waals surface area contributed by atoms with Crippen molar-refractivity contribution in [3.05, 3.63) is 78.4 Å². The number of nitrogens with one attached hydrogen (secondary N) is 1. The van der Waals surface area contributed by atoms with Crippen molar-refractivity contribution in [3.63, 3.8) is 0 Å². The summed E-state index contributed by atoms with van der Waals surface area (Å²) >= 11 is 1.52. The molecule has 3 rings (SSSR count). The van der Waals surface area contributed by atoms with E-state index >= 15 is 0 Å². The molecular weight excluding hydrogens is 496 g/mol. The van der Waals surface area contributed by atoms with Gasteiger partial charge in [0.1, 0.15) is 24.7 Å². The summed E-state index contributed by atoms with van der Waals surface area (Å²) in [6, 6.07) is 20.6. The Kier molecular flexibility index (Phi) is 9.66. The molecule has 0 saturated heterocycles. The van der Waals surface area contributed by atoms with Crippen LogP contribution in [0.25, 0.3) is 0 Å². The number of aryl methyl sites for hydroxylation is 1. The topological polar surface area (TPSA) is 84.9 Å². The molecule has 1 unspecified atom stereocenters. The predicted molar refractivity (Wildman–Crippen MR) is 145 cm³/mol. The van der Waals surface area contributed by atoms with Crippen LogP contribution in [0.2, 0.25) is 0 Å². The van der Waals surface area contributed by atoms with Crippen LogP contribution in [0.3, 0.4) is 0 Å². The molecule has 0 spiro atoms.